The maximum absolute atomic E-state index is 5.15. The van der Waals surface area contributed by atoms with Gasteiger partial charge in [-0.05, 0) is 174 Å². The van der Waals surface area contributed by atoms with Gasteiger partial charge in [0.2, 0.25) is 0 Å². The van der Waals surface area contributed by atoms with Crippen molar-refractivity contribution in [2.24, 2.45) is 0 Å². The molecule has 16 rings (SSSR count). The zero-order chi connectivity index (χ0) is 51.3. The van der Waals surface area contributed by atoms with Crippen LogP contribution >= 0.6 is 0 Å². The summed E-state index contributed by atoms with van der Waals surface area (Å²) < 4.78 is 0. The Morgan fingerprint density at radius 2 is 0.526 bits per heavy atom. The highest BCUT2D eigenvalue weighted by atomic mass is 14.7. The van der Waals surface area contributed by atoms with Gasteiger partial charge in [-0.3, -0.25) is 9.97 Å². The second-order valence-corrected chi connectivity index (χ2v) is 20.8. The van der Waals surface area contributed by atoms with E-state index in [-0.39, 0.29) is 0 Å². The van der Waals surface area contributed by atoms with Crippen LogP contribution in [0.4, 0.5) is 0 Å². The monoisotopic (exact) mass is 986 g/mol. The molecule has 16 aromatic rings. The first-order valence-corrected chi connectivity index (χ1v) is 26.8. The number of para-hydroxylation sites is 1. The van der Waals surface area contributed by atoms with E-state index in [1.165, 1.54) is 131 Å². The Kier molecular flexibility index (Phi) is 9.98. The lowest BCUT2D eigenvalue weighted by Gasteiger charge is -2.19. The summed E-state index contributed by atoms with van der Waals surface area (Å²) in [7, 11) is 0. The van der Waals surface area contributed by atoms with Gasteiger partial charge in [0.25, 0.3) is 0 Å². The maximum atomic E-state index is 5.15. The van der Waals surface area contributed by atoms with Crippen LogP contribution in [0.3, 0.4) is 0 Å². The molecular formula is C76H46N2. The smallest absolute Gasteiger partial charge is 0.0708 e. The standard InChI is InChI=1S/C76H46N2/c1-3-15-49-42-58(34-25-47(49)13-1)72-62-17-5-7-19-64(62)74(65-20-8-6-18-63(65)72)61-37-38-70(77-45-61)57-33-31-53-39-51(27-29-55(53)41-57)52-28-30-56-44-60(36-32-54(56)40-52)75-67-22-10-9-21-66(67)73(59-35-26-48-14-2-4-16-50(48)43-59)69-46-78-71-24-12-11-23-68(71)76(69)75/h1-46H. The van der Waals surface area contributed by atoms with Crippen LogP contribution in [0.5, 0.6) is 0 Å². The van der Waals surface area contributed by atoms with E-state index in [4.69, 9.17) is 9.97 Å². The van der Waals surface area contributed by atoms with Crippen molar-refractivity contribution in [3.05, 3.63) is 279 Å². The van der Waals surface area contributed by atoms with Gasteiger partial charge in [0.1, 0.15) is 0 Å². The van der Waals surface area contributed by atoms with E-state index >= 15 is 0 Å². The molecule has 0 aliphatic rings. The Morgan fingerprint density at radius 3 is 1.03 bits per heavy atom. The van der Waals surface area contributed by atoms with E-state index in [1.807, 2.05) is 0 Å². The fourth-order valence-electron chi connectivity index (χ4n) is 12.7. The van der Waals surface area contributed by atoms with Gasteiger partial charge in [-0.1, -0.05) is 218 Å². The van der Waals surface area contributed by atoms with Gasteiger partial charge < -0.3 is 0 Å². The van der Waals surface area contributed by atoms with E-state index in [0.29, 0.717) is 0 Å². The average Bonchev–Trinajstić information content (AvgIpc) is 3.70. The minimum atomic E-state index is 0.951. The molecule has 0 fully saturated rings. The molecule has 2 aromatic heterocycles. The molecule has 2 heterocycles. The average molecular weight is 987 g/mol. The van der Waals surface area contributed by atoms with E-state index in [0.717, 1.165) is 33.1 Å². The number of hydrogen-bond acceptors (Lipinski definition) is 2. The molecule has 78 heavy (non-hydrogen) atoms. The number of hydrogen-bond donors (Lipinski definition) is 0. The third-order valence-electron chi connectivity index (χ3n) is 16.4. The molecule has 14 aromatic carbocycles. The van der Waals surface area contributed by atoms with Crippen LogP contribution in [0.1, 0.15) is 0 Å². The van der Waals surface area contributed by atoms with Crippen molar-refractivity contribution < 1.29 is 0 Å². The SMILES string of the molecule is c1ccc2cc(-c3c4ccccc4c(-c4ccc(-c5ccc6cc(-c7ccc8cc(-c9c%10ccccc%10c(-c%10ccc%11ccccc%11c%10)c%10cnc%11ccccc%11c9%10)ccc8c7)ccc6c5)nc4)c4ccccc34)ccc2c1. The zero-order valence-electron chi connectivity index (χ0n) is 42.5. The number of rotatable bonds is 6. The van der Waals surface area contributed by atoms with Gasteiger partial charge in [-0.15, -0.1) is 0 Å². The van der Waals surface area contributed by atoms with Crippen molar-refractivity contribution in [3.8, 4) is 66.9 Å². The molecule has 2 nitrogen and oxygen atoms in total. The summed E-state index contributed by atoms with van der Waals surface area (Å²) in [6.07, 6.45) is 4.16. The Hall–Kier alpha value is -10.3. The van der Waals surface area contributed by atoms with Crippen molar-refractivity contribution >= 4 is 97.1 Å². The molecular weight excluding hydrogens is 941 g/mol. The Bertz CT molecular complexity index is 5090. The van der Waals surface area contributed by atoms with Gasteiger partial charge in [0.15, 0.2) is 0 Å². The van der Waals surface area contributed by atoms with Crippen LogP contribution in [0.25, 0.3) is 164 Å². The largest absolute Gasteiger partial charge is 0.256 e. The lowest BCUT2D eigenvalue weighted by molar-refractivity contribution is 1.33. The molecule has 2 heteroatoms. The van der Waals surface area contributed by atoms with Crippen LogP contribution < -0.4 is 0 Å². The van der Waals surface area contributed by atoms with E-state index in [2.05, 4.69) is 279 Å². The fourth-order valence-corrected chi connectivity index (χ4v) is 12.7. The second-order valence-electron chi connectivity index (χ2n) is 20.8. The predicted octanol–water partition coefficient (Wildman–Crippen LogP) is 20.9. The van der Waals surface area contributed by atoms with Crippen LogP contribution in [-0.4, -0.2) is 9.97 Å². The normalized spacial score (nSPS) is 11.8. The summed E-state index contributed by atoms with van der Waals surface area (Å²) in [5.41, 5.74) is 15.1. The van der Waals surface area contributed by atoms with E-state index in [1.54, 1.807) is 0 Å². The summed E-state index contributed by atoms with van der Waals surface area (Å²) in [5.74, 6) is 0. The molecule has 0 saturated heterocycles. The molecule has 0 aliphatic carbocycles. The maximum Gasteiger partial charge on any atom is 0.0708 e. The van der Waals surface area contributed by atoms with Crippen molar-refractivity contribution in [1.29, 1.82) is 0 Å². The molecule has 0 amide bonds. The third kappa shape index (κ3) is 7.11. The Morgan fingerprint density at radius 1 is 0.192 bits per heavy atom. The van der Waals surface area contributed by atoms with Crippen LogP contribution in [0, 0.1) is 0 Å². The Balaban J connectivity index is 0.734. The summed E-state index contributed by atoms with van der Waals surface area (Å²) in [6.45, 7) is 0. The van der Waals surface area contributed by atoms with E-state index < -0.39 is 0 Å². The number of nitrogens with zero attached hydrogens (tertiary/aromatic N) is 2. The summed E-state index contributed by atoms with van der Waals surface area (Å²) in [4.78, 5) is 10.2. The third-order valence-corrected chi connectivity index (χ3v) is 16.4. The number of benzene rings is 14. The quantitative estimate of drug-likeness (QED) is 0.123. The van der Waals surface area contributed by atoms with Crippen LogP contribution in [-0.2, 0) is 0 Å². The molecule has 0 atom stereocenters. The predicted molar refractivity (Wildman–Crippen MR) is 332 cm³/mol. The van der Waals surface area contributed by atoms with Gasteiger partial charge >= 0.3 is 0 Å². The number of fused-ring (bicyclic) bond motifs is 10. The van der Waals surface area contributed by atoms with Crippen molar-refractivity contribution in [1.82, 2.24) is 9.97 Å². The molecule has 0 aliphatic heterocycles. The lowest BCUT2D eigenvalue weighted by atomic mass is 9.84. The van der Waals surface area contributed by atoms with Crippen LogP contribution in [0.15, 0.2) is 279 Å². The van der Waals surface area contributed by atoms with Crippen molar-refractivity contribution in [3.63, 3.8) is 0 Å². The molecule has 0 bridgehead atoms. The Labute approximate surface area is 450 Å². The summed E-state index contributed by atoms with van der Waals surface area (Å²) >= 11 is 0. The first-order chi connectivity index (χ1) is 38.6. The highest BCUT2D eigenvalue weighted by Gasteiger charge is 2.21. The van der Waals surface area contributed by atoms with Crippen LogP contribution in [0.2, 0.25) is 0 Å². The summed E-state index contributed by atoms with van der Waals surface area (Å²) in [5, 5.41) is 20.7. The summed E-state index contributed by atoms with van der Waals surface area (Å²) in [6, 6.07) is 97.9. The molecule has 0 saturated carbocycles. The molecule has 0 spiro atoms. The highest BCUT2D eigenvalue weighted by molar-refractivity contribution is 6.28. The molecule has 0 unspecified atom stereocenters. The second kappa shape index (κ2) is 17.7. The molecule has 0 N–H and O–H groups in total. The van der Waals surface area contributed by atoms with Crippen molar-refractivity contribution in [2.75, 3.05) is 0 Å². The fraction of sp³-hybridized carbons (Fsp3) is 0. The molecule has 360 valence electrons. The van der Waals surface area contributed by atoms with E-state index in [9.17, 15) is 0 Å². The first kappa shape index (κ1) is 44.1. The zero-order valence-corrected chi connectivity index (χ0v) is 42.5. The van der Waals surface area contributed by atoms with Gasteiger partial charge in [0, 0.05) is 39.7 Å². The molecule has 0 radical (unpaired) electrons. The topological polar surface area (TPSA) is 25.8 Å². The number of aromatic nitrogens is 2. The van der Waals surface area contributed by atoms with Gasteiger partial charge in [-0.2, -0.15) is 0 Å². The van der Waals surface area contributed by atoms with Gasteiger partial charge in [-0.25, -0.2) is 0 Å². The van der Waals surface area contributed by atoms with Gasteiger partial charge in [0.05, 0.1) is 11.2 Å². The lowest BCUT2D eigenvalue weighted by Crippen LogP contribution is -1.93. The van der Waals surface area contributed by atoms with Crippen molar-refractivity contribution in [2.45, 2.75) is 0 Å². The minimum absolute atomic E-state index is 0.951. The first-order valence-electron chi connectivity index (χ1n) is 26.8. The highest BCUT2D eigenvalue weighted by Crippen LogP contribution is 2.48. The minimum Gasteiger partial charge on any atom is -0.256 e. The number of pyridine rings is 2.